The van der Waals surface area contributed by atoms with Gasteiger partial charge < -0.3 is 14.8 Å². The van der Waals surface area contributed by atoms with Gasteiger partial charge >= 0.3 is 0 Å². The molecule has 0 aliphatic carbocycles. The summed E-state index contributed by atoms with van der Waals surface area (Å²) in [6.45, 7) is 3.56. The number of hydrogen-bond acceptors (Lipinski definition) is 3. The van der Waals surface area contributed by atoms with E-state index in [0.717, 1.165) is 12.6 Å². The molecule has 0 radical (unpaired) electrons. The molecular formula is C12H15F2NO2. The highest BCUT2D eigenvalue weighted by Crippen LogP contribution is 2.17. The maximum Gasteiger partial charge on any atom is 0.167 e. The van der Waals surface area contributed by atoms with Crippen molar-refractivity contribution in [2.24, 2.45) is 0 Å². The highest BCUT2D eigenvalue weighted by Gasteiger charge is 2.18. The number of benzene rings is 1. The summed E-state index contributed by atoms with van der Waals surface area (Å²) in [5.74, 6) is -1.23. The summed E-state index contributed by atoms with van der Waals surface area (Å²) < 4.78 is 36.6. The maximum atomic E-state index is 13.3. The van der Waals surface area contributed by atoms with Crippen LogP contribution in [-0.2, 0) is 4.74 Å². The van der Waals surface area contributed by atoms with Gasteiger partial charge in [-0.15, -0.1) is 0 Å². The summed E-state index contributed by atoms with van der Waals surface area (Å²) in [7, 11) is 0. The quantitative estimate of drug-likeness (QED) is 0.876. The van der Waals surface area contributed by atoms with Crippen LogP contribution in [0.15, 0.2) is 18.2 Å². The normalized spacial score (nSPS) is 24.6. The van der Waals surface area contributed by atoms with E-state index in [0.29, 0.717) is 13.2 Å². The lowest BCUT2D eigenvalue weighted by Crippen LogP contribution is -2.48. The number of morpholine rings is 1. The lowest BCUT2D eigenvalue weighted by Gasteiger charge is -2.28. The maximum absolute atomic E-state index is 13.3. The summed E-state index contributed by atoms with van der Waals surface area (Å²) in [5.41, 5.74) is 0. The van der Waals surface area contributed by atoms with E-state index in [-0.39, 0.29) is 17.9 Å². The van der Waals surface area contributed by atoms with E-state index in [1.807, 2.05) is 6.92 Å². The molecule has 2 unspecified atom stereocenters. The Hall–Kier alpha value is -1.20. The van der Waals surface area contributed by atoms with E-state index >= 15 is 0 Å². The van der Waals surface area contributed by atoms with Crippen molar-refractivity contribution < 1.29 is 18.3 Å². The second-order valence-electron chi connectivity index (χ2n) is 4.13. The van der Waals surface area contributed by atoms with Crippen molar-refractivity contribution in [3.63, 3.8) is 0 Å². The fraction of sp³-hybridized carbons (Fsp3) is 0.500. The molecule has 5 heteroatoms. The molecular weight excluding hydrogens is 228 g/mol. The Morgan fingerprint density at radius 3 is 2.94 bits per heavy atom. The van der Waals surface area contributed by atoms with Gasteiger partial charge in [-0.25, -0.2) is 8.78 Å². The predicted octanol–water partition coefficient (Wildman–Crippen LogP) is 1.72. The van der Waals surface area contributed by atoms with Crippen molar-refractivity contribution >= 4 is 0 Å². The fourth-order valence-corrected chi connectivity index (χ4v) is 1.62. The summed E-state index contributed by atoms with van der Waals surface area (Å²) in [6, 6.07) is 3.31. The second-order valence-corrected chi connectivity index (χ2v) is 4.13. The lowest BCUT2D eigenvalue weighted by molar-refractivity contribution is 0.00422. The molecule has 3 nitrogen and oxygen atoms in total. The molecule has 94 valence electrons. The number of halogens is 2. The molecule has 2 atom stereocenters. The summed E-state index contributed by atoms with van der Waals surface area (Å²) in [6.07, 6.45) is 0.189. The highest BCUT2D eigenvalue weighted by atomic mass is 19.1. The van der Waals surface area contributed by atoms with E-state index in [4.69, 9.17) is 9.47 Å². The molecule has 0 spiro atoms. The molecule has 1 aromatic carbocycles. The van der Waals surface area contributed by atoms with E-state index in [2.05, 4.69) is 5.32 Å². The Kier molecular flexibility index (Phi) is 3.91. The minimum absolute atomic E-state index is 0.0376. The molecule has 1 heterocycles. The summed E-state index contributed by atoms with van der Waals surface area (Å²) in [4.78, 5) is 0. The molecule has 0 saturated carbocycles. The Morgan fingerprint density at radius 1 is 1.47 bits per heavy atom. The van der Waals surface area contributed by atoms with E-state index in [9.17, 15) is 8.78 Å². The van der Waals surface area contributed by atoms with Crippen LogP contribution in [0.3, 0.4) is 0 Å². The predicted molar refractivity (Wildman–Crippen MR) is 59.1 cm³/mol. The van der Waals surface area contributed by atoms with Crippen LogP contribution < -0.4 is 10.1 Å². The first-order valence-corrected chi connectivity index (χ1v) is 5.58. The first-order valence-electron chi connectivity index (χ1n) is 5.58. The monoisotopic (exact) mass is 243 g/mol. The average molecular weight is 243 g/mol. The average Bonchev–Trinajstić information content (AvgIpc) is 2.30. The largest absolute Gasteiger partial charge is 0.489 e. The first kappa shape index (κ1) is 12.3. The van der Waals surface area contributed by atoms with Gasteiger partial charge in [-0.05, 0) is 19.1 Å². The van der Waals surface area contributed by atoms with Gasteiger partial charge in [0.15, 0.2) is 11.6 Å². The molecule has 1 aromatic rings. The Bertz CT molecular complexity index is 379. The van der Waals surface area contributed by atoms with Crippen LogP contribution in [0.1, 0.15) is 6.92 Å². The zero-order valence-electron chi connectivity index (χ0n) is 9.58. The van der Waals surface area contributed by atoms with Gasteiger partial charge in [0, 0.05) is 12.6 Å². The molecule has 0 amide bonds. The van der Waals surface area contributed by atoms with Crippen LogP contribution in [-0.4, -0.2) is 31.9 Å². The zero-order chi connectivity index (χ0) is 12.3. The van der Waals surface area contributed by atoms with Gasteiger partial charge in [-0.1, -0.05) is 0 Å². The molecule has 1 N–H and O–H groups in total. The van der Waals surface area contributed by atoms with Gasteiger partial charge in [-0.2, -0.15) is 0 Å². The smallest absolute Gasteiger partial charge is 0.167 e. The first-order chi connectivity index (χ1) is 8.15. The van der Waals surface area contributed by atoms with E-state index < -0.39 is 11.6 Å². The molecule has 0 bridgehead atoms. The minimum atomic E-state index is -0.685. The Balaban J connectivity index is 1.85. The van der Waals surface area contributed by atoms with Crippen molar-refractivity contribution in [2.75, 3.05) is 19.8 Å². The van der Waals surface area contributed by atoms with Crippen molar-refractivity contribution in [2.45, 2.75) is 19.1 Å². The molecule has 17 heavy (non-hydrogen) atoms. The number of rotatable bonds is 3. The molecule has 1 aliphatic rings. The molecule has 1 saturated heterocycles. The van der Waals surface area contributed by atoms with Gasteiger partial charge in [0.2, 0.25) is 0 Å². The molecule has 1 fully saturated rings. The van der Waals surface area contributed by atoms with Gasteiger partial charge in [0.25, 0.3) is 0 Å². The van der Waals surface area contributed by atoms with E-state index in [1.54, 1.807) is 0 Å². The molecule has 2 rings (SSSR count). The summed E-state index contributed by atoms with van der Waals surface area (Å²) >= 11 is 0. The number of hydrogen-bond donors (Lipinski definition) is 1. The van der Waals surface area contributed by atoms with Crippen molar-refractivity contribution in [1.82, 2.24) is 5.32 Å². The third-order valence-corrected chi connectivity index (χ3v) is 2.61. The van der Waals surface area contributed by atoms with Crippen LogP contribution in [0.5, 0.6) is 5.75 Å². The fourth-order valence-electron chi connectivity index (χ4n) is 1.62. The number of nitrogens with one attached hydrogen (secondary N) is 1. The van der Waals surface area contributed by atoms with Gasteiger partial charge in [0.1, 0.15) is 12.4 Å². The van der Waals surface area contributed by atoms with Crippen LogP contribution in [0.2, 0.25) is 0 Å². The van der Waals surface area contributed by atoms with Gasteiger partial charge in [-0.3, -0.25) is 0 Å². The van der Waals surface area contributed by atoms with E-state index in [1.165, 1.54) is 12.1 Å². The van der Waals surface area contributed by atoms with Crippen LogP contribution in [0, 0.1) is 11.6 Å². The SMILES string of the molecule is CC1CNC(COc2ccc(F)cc2F)CO1. The standard InChI is InChI=1S/C12H15F2NO2/c1-8-5-15-10(6-16-8)7-17-12-3-2-9(13)4-11(12)14/h2-4,8,10,15H,5-7H2,1H3. The summed E-state index contributed by atoms with van der Waals surface area (Å²) in [5, 5.41) is 3.22. The minimum Gasteiger partial charge on any atom is -0.489 e. The second kappa shape index (κ2) is 5.42. The van der Waals surface area contributed by atoms with Crippen LogP contribution in [0.4, 0.5) is 8.78 Å². The lowest BCUT2D eigenvalue weighted by atomic mass is 10.2. The highest BCUT2D eigenvalue weighted by molar-refractivity contribution is 5.24. The third kappa shape index (κ3) is 3.38. The third-order valence-electron chi connectivity index (χ3n) is 2.61. The van der Waals surface area contributed by atoms with Crippen LogP contribution in [0.25, 0.3) is 0 Å². The van der Waals surface area contributed by atoms with Gasteiger partial charge in [0.05, 0.1) is 18.8 Å². The molecule has 0 aromatic heterocycles. The topological polar surface area (TPSA) is 30.5 Å². The Morgan fingerprint density at radius 2 is 2.29 bits per heavy atom. The zero-order valence-corrected chi connectivity index (χ0v) is 9.58. The Labute approximate surface area is 98.7 Å². The van der Waals surface area contributed by atoms with Crippen molar-refractivity contribution in [3.8, 4) is 5.75 Å². The molecule has 1 aliphatic heterocycles. The number of ether oxygens (including phenoxy) is 2. The van der Waals surface area contributed by atoms with Crippen LogP contribution >= 0.6 is 0 Å². The van der Waals surface area contributed by atoms with Crippen molar-refractivity contribution in [3.05, 3.63) is 29.8 Å². The van der Waals surface area contributed by atoms with Crippen molar-refractivity contribution in [1.29, 1.82) is 0 Å².